The quantitative estimate of drug-likeness (QED) is 0.199. The van der Waals surface area contributed by atoms with Crippen LogP contribution in [0.15, 0.2) is 66.7 Å². The maximum absolute atomic E-state index is 13.6. The number of rotatable bonds is 9. The van der Waals surface area contributed by atoms with Crippen LogP contribution in [0, 0.1) is 6.92 Å². The highest BCUT2D eigenvalue weighted by molar-refractivity contribution is 7.90. The minimum atomic E-state index is -3.61. The van der Waals surface area contributed by atoms with Crippen LogP contribution in [-0.4, -0.2) is 54.9 Å². The van der Waals surface area contributed by atoms with E-state index in [1.54, 1.807) is 54.6 Å². The lowest BCUT2D eigenvalue weighted by atomic mass is 9.99. The normalized spacial score (nSPS) is 14.6. The number of ether oxygens (including phenoxy) is 1. The van der Waals surface area contributed by atoms with Gasteiger partial charge in [0.1, 0.15) is 15.9 Å². The molecule has 39 heavy (non-hydrogen) atoms. The maximum Gasteiger partial charge on any atom is 0.330 e. The van der Waals surface area contributed by atoms with Crippen LogP contribution < -0.4 is 0 Å². The van der Waals surface area contributed by atoms with Gasteiger partial charge in [-0.05, 0) is 25.5 Å². The molecule has 1 aliphatic rings. The van der Waals surface area contributed by atoms with Crippen molar-refractivity contribution in [3.05, 3.63) is 105 Å². The zero-order valence-electron chi connectivity index (χ0n) is 20.9. The van der Waals surface area contributed by atoms with E-state index in [-0.39, 0.29) is 26.7 Å². The zero-order chi connectivity index (χ0) is 28.5. The molecule has 3 aromatic rings. The second-order valence-electron chi connectivity index (χ2n) is 9.18. The molecule has 0 unspecified atom stereocenters. The van der Waals surface area contributed by atoms with Crippen LogP contribution in [-0.2, 0) is 19.4 Å². The first-order chi connectivity index (χ1) is 18.4. The van der Waals surface area contributed by atoms with Crippen molar-refractivity contribution < 1.29 is 32.3 Å². The van der Waals surface area contributed by atoms with Crippen molar-refractivity contribution in [2.24, 2.45) is 0 Å². The molecule has 4 rings (SSSR count). The minimum Gasteiger partial charge on any atom is -0.447 e. The van der Waals surface area contributed by atoms with Crippen molar-refractivity contribution >= 4 is 56.6 Å². The molecule has 3 aromatic carbocycles. The number of esters is 1. The van der Waals surface area contributed by atoms with Crippen molar-refractivity contribution in [2.45, 2.75) is 25.5 Å². The molecular formula is C28H23Cl2NO7S. The largest absolute Gasteiger partial charge is 0.447 e. The SMILES string of the molecule is Cc1ccc(C(=O)[C@H](OC(=O)[C@H](CCS(C)(=O)=O)N2C(=O)c3cc(Cl)c(Cl)cc3C2=O)c2ccccc2)cc1. The molecule has 1 aliphatic heterocycles. The van der Waals surface area contributed by atoms with Crippen molar-refractivity contribution in [2.75, 3.05) is 12.0 Å². The van der Waals surface area contributed by atoms with Gasteiger partial charge in [-0.3, -0.25) is 19.3 Å². The monoisotopic (exact) mass is 587 g/mol. The van der Waals surface area contributed by atoms with Crippen LogP contribution in [0.1, 0.15) is 54.7 Å². The van der Waals surface area contributed by atoms with E-state index in [1.807, 2.05) is 6.92 Å². The lowest BCUT2D eigenvalue weighted by Gasteiger charge is -2.27. The molecule has 2 atom stereocenters. The molecule has 0 saturated carbocycles. The van der Waals surface area contributed by atoms with E-state index >= 15 is 0 Å². The Bertz CT molecular complexity index is 1530. The van der Waals surface area contributed by atoms with Gasteiger partial charge in [-0.25, -0.2) is 13.2 Å². The average molecular weight is 588 g/mol. The fourth-order valence-electron chi connectivity index (χ4n) is 4.18. The van der Waals surface area contributed by atoms with Gasteiger partial charge in [0.25, 0.3) is 11.8 Å². The Hall–Kier alpha value is -3.53. The molecule has 0 aliphatic carbocycles. The molecule has 0 fully saturated rings. The lowest BCUT2D eigenvalue weighted by Crippen LogP contribution is -2.47. The Labute approximate surface area is 235 Å². The molecule has 0 aromatic heterocycles. The van der Waals surface area contributed by atoms with Crippen LogP contribution >= 0.6 is 23.2 Å². The number of aryl methyl sites for hydroxylation is 1. The van der Waals surface area contributed by atoms with Gasteiger partial charge < -0.3 is 4.74 Å². The third kappa shape index (κ3) is 6.21. The summed E-state index contributed by atoms with van der Waals surface area (Å²) in [5.74, 6) is -3.88. The standard InChI is InChI=1S/C28H23Cl2NO7S/c1-16-8-10-17(11-9-16)24(32)25(18-6-4-3-5-7-18)38-28(35)23(12-13-39(2,36)37)31-26(33)19-14-21(29)22(30)15-20(19)27(31)34/h3-11,14-15,23,25H,12-13H2,1-2H3/t23-,25+/m0/s1. The average Bonchev–Trinajstić information content (AvgIpc) is 3.12. The van der Waals surface area contributed by atoms with Crippen LogP contribution in [0.5, 0.6) is 0 Å². The zero-order valence-corrected chi connectivity index (χ0v) is 23.2. The lowest BCUT2D eigenvalue weighted by molar-refractivity contribution is -0.152. The van der Waals surface area contributed by atoms with Crippen molar-refractivity contribution in [1.82, 2.24) is 4.90 Å². The molecule has 0 saturated heterocycles. The van der Waals surface area contributed by atoms with E-state index < -0.39 is 57.7 Å². The summed E-state index contributed by atoms with van der Waals surface area (Å²) < 4.78 is 29.6. The Morgan fingerprint density at radius 1 is 0.897 bits per heavy atom. The molecular weight excluding hydrogens is 565 g/mol. The van der Waals surface area contributed by atoms with Gasteiger partial charge in [0.05, 0.1) is 26.9 Å². The molecule has 202 valence electrons. The fourth-order valence-corrected chi connectivity index (χ4v) is 5.16. The summed E-state index contributed by atoms with van der Waals surface area (Å²) >= 11 is 12.1. The number of benzene rings is 3. The first-order valence-electron chi connectivity index (χ1n) is 11.8. The van der Waals surface area contributed by atoms with Crippen molar-refractivity contribution in [1.29, 1.82) is 0 Å². The molecule has 0 bridgehead atoms. The molecule has 11 heteroatoms. The fraction of sp³-hybridized carbons (Fsp3) is 0.214. The number of ketones is 1. The number of hydrogen-bond donors (Lipinski definition) is 0. The molecule has 1 heterocycles. The number of Topliss-reactive ketones (excluding diaryl/α,β-unsaturated/α-hetero) is 1. The predicted molar refractivity (Wildman–Crippen MR) is 146 cm³/mol. The second kappa shape index (κ2) is 11.3. The number of halogens is 2. The molecule has 0 spiro atoms. The minimum absolute atomic E-state index is 0.0292. The molecule has 8 nitrogen and oxygen atoms in total. The van der Waals surface area contributed by atoms with Gasteiger partial charge in [0.2, 0.25) is 5.78 Å². The highest BCUT2D eigenvalue weighted by Crippen LogP contribution is 2.34. The Morgan fingerprint density at radius 2 is 1.44 bits per heavy atom. The van der Waals surface area contributed by atoms with Gasteiger partial charge in [-0.15, -0.1) is 0 Å². The van der Waals surface area contributed by atoms with Gasteiger partial charge in [0.15, 0.2) is 6.10 Å². The summed E-state index contributed by atoms with van der Waals surface area (Å²) in [6.07, 6.45) is -0.892. The number of hydrogen-bond acceptors (Lipinski definition) is 7. The first kappa shape index (κ1) is 28.5. The predicted octanol–water partition coefficient (Wildman–Crippen LogP) is 4.87. The maximum atomic E-state index is 13.6. The summed E-state index contributed by atoms with van der Waals surface area (Å²) in [5.41, 5.74) is 1.40. The van der Waals surface area contributed by atoms with E-state index in [1.165, 1.54) is 12.1 Å². The van der Waals surface area contributed by atoms with Crippen LogP contribution in [0.2, 0.25) is 10.0 Å². The van der Waals surface area contributed by atoms with E-state index in [0.29, 0.717) is 10.5 Å². The summed E-state index contributed by atoms with van der Waals surface area (Å²) in [7, 11) is -3.61. The molecule has 0 N–H and O–H groups in total. The number of imide groups is 1. The highest BCUT2D eigenvalue weighted by atomic mass is 35.5. The van der Waals surface area contributed by atoms with Gasteiger partial charge >= 0.3 is 5.97 Å². The smallest absolute Gasteiger partial charge is 0.330 e. The van der Waals surface area contributed by atoms with E-state index in [9.17, 15) is 27.6 Å². The number of nitrogens with zero attached hydrogens (tertiary/aromatic N) is 1. The number of amides is 2. The summed E-state index contributed by atoms with van der Waals surface area (Å²) in [4.78, 5) is 54.3. The van der Waals surface area contributed by atoms with Gasteiger partial charge in [-0.2, -0.15) is 0 Å². The van der Waals surface area contributed by atoms with Crippen molar-refractivity contribution in [3.63, 3.8) is 0 Å². The number of carbonyl (C=O) groups is 4. The number of carbonyl (C=O) groups excluding carboxylic acids is 4. The van der Waals surface area contributed by atoms with Gasteiger partial charge in [-0.1, -0.05) is 83.4 Å². The van der Waals surface area contributed by atoms with Crippen LogP contribution in [0.25, 0.3) is 0 Å². The first-order valence-corrected chi connectivity index (χ1v) is 14.6. The summed E-state index contributed by atoms with van der Waals surface area (Å²) in [6, 6.07) is 15.7. The second-order valence-corrected chi connectivity index (χ2v) is 12.3. The van der Waals surface area contributed by atoms with Crippen molar-refractivity contribution in [3.8, 4) is 0 Å². The Kier molecular flexibility index (Phi) is 8.25. The summed E-state index contributed by atoms with van der Waals surface area (Å²) in [5, 5.41) is 0.0584. The topological polar surface area (TPSA) is 115 Å². The third-order valence-corrected chi connectivity index (χ3v) is 7.91. The van der Waals surface area contributed by atoms with Crippen LogP contribution in [0.4, 0.5) is 0 Å². The molecule has 2 amide bonds. The molecule has 0 radical (unpaired) electrons. The highest BCUT2D eigenvalue weighted by Gasteiger charge is 2.45. The van der Waals surface area contributed by atoms with Crippen LogP contribution in [0.3, 0.4) is 0 Å². The summed E-state index contributed by atoms with van der Waals surface area (Å²) in [6.45, 7) is 1.86. The number of sulfone groups is 1. The van der Waals surface area contributed by atoms with E-state index in [2.05, 4.69) is 0 Å². The van der Waals surface area contributed by atoms with Gasteiger partial charge in [0, 0.05) is 17.4 Å². The van der Waals surface area contributed by atoms with E-state index in [0.717, 1.165) is 11.8 Å². The third-order valence-electron chi connectivity index (χ3n) is 6.22. The Balaban J connectivity index is 1.72. The Morgan fingerprint density at radius 3 is 1.95 bits per heavy atom. The number of fused-ring (bicyclic) bond motifs is 1. The van der Waals surface area contributed by atoms with E-state index in [4.69, 9.17) is 27.9 Å².